The maximum atomic E-state index is 5.90. The largest absolute Gasteiger partial charge is 0.370 e. The van der Waals surface area contributed by atoms with Gasteiger partial charge < -0.3 is 11.1 Å². The number of aliphatic imine (C=N–C) groups is 1. The number of guanidine groups is 1. The fourth-order valence-electron chi connectivity index (χ4n) is 2.75. The predicted molar refractivity (Wildman–Crippen MR) is 113 cm³/mol. The van der Waals surface area contributed by atoms with E-state index in [-0.39, 0.29) is 29.5 Å². The van der Waals surface area contributed by atoms with Crippen LogP contribution in [-0.4, -0.2) is 60.6 Å². The van der Waals surface area contributed by atoms with Crippen LogP contribution in [0.25, 0.3) is 0 Å². The van der Waals surface area contributed by atoms with Crippen LogP contribution in [0.1, 0.15) is 26.3 Å². The van der Waals surface area contributed by atoms with Crippen molar-refractivity contribution in [3.63, 3.8) is 0 Å². The van der Waals surface area contributed by atoms with Gasteiger partial charge in [-0.05, 0) is 26.3 Å². The first kappa shape index (κ1) is 21.2. The first-order valence-corrected chi connectivity index (χ1v) is 8.49. The summed E-state index contributed by atoms with van der Waals surface area (Å²) < 4.78 is 0. The van der Waals surface area contributed by atoms with Crippen molar-refractivity contribution >= 4 is 29.9 Å². The van der Waals surface area contributed by atoms with Gasteiger partial charge in [-0.2, -0.15) is 0 Å². The maximum absolute atomic E-state index is 5.90. The third-order valence-electron chi connectivity index (χ3n) is 3.92. The summed E-state index contributed by atoms with van der Waals surface area (Å²) in [6, 6.07) is 10.7. The minimum atomic E-state index is -0.0311. The number of halogens is 1. The Morgan fingerprint density at radius 2 is 1.67 bits per heavy atom. The quantitative estimate of drug-likeness (QED) is 0.414. The van der Waals surface area contributed by atoms with Crippen LogP contribution in [0.4, 0.5) is 0 Å². The molecule has 0 spiro atoms. The highest BCUT2D eigenvalue weighted by Crippen LogP contribution is 2.08. The molecule has 0 unspecified atom stereocenters. The number of hydrogen-bond acceptors (Lipinski definition) is 3. The fourth-order valence-corrected chi connectivity index (χ4v) is 2.75. The number of nitrogens with one attached hydrogen (secondary N) is 1. The molecule has 1 fully saturated rings. The fraction of sp³-hybridized carbons (Fsp3) is 0.611. The highest BCUT2D eigenvalue weighted by molar-refractivity contribution is 14.0. The molecule has 136 valence electrons. The van der Waals surface area contributed by atoms with Gasteiger partial charge in [0.15, 0.2) is 5.96 Å². The molecule has 0 saturated carbocycles. The number of nitrogens with two attached hydrogens (primary N) is 1. The van der Waals surface area contributed by atoms with Crippen molar-refractivity contribution in [2.45, 2.75) is 32.9 Å². The average Bonchev–Trinajstić information content (AvgIpc) is 2.48. The molecule has 3 N–H and O–H groups in total. The molecular formula is C18H32IN5. The Morgan fingerprint density at radius 3 is 2.25 bits per heavy atom. The van der Waals surface area contributed by atoms with Gasteiger partial charge in [-0.1, -0.05) is 30.3 Å². The van der Waals surface area contributed by atoms with Crippen LogP contribution in [0, 0.1) is 0 Å². The number of rotatable bonds is 5. The molecule has 6 heteroatoms. The second-order valence-corrected chi connectivity index (χ2v) is 7.25. The lowest BCUT2D eigenvalue weighted by molar-refractivity contribution is 0.130. The van der Waals surface area contributed by atoms with Crippen LogP contribution in [-0.2, 0) is 6.54 Å². The SMILES string of the molecule is CC(C)(C)NC(N)=NCCN1CCN(Cc2ccccc2)CC1.I. The molecule has 1 saturated heterocycles. The summed E-state index contributed by atoms with van der Waals surface area (Å²) >= 11 is 0. The molecule has 2 rings (SSSR count). The zero-order valence-corrected chi connectivity index (χ0v) is 17.5. The lowest BCUT2D eigenvalue weighted by Gasteiger charge is -2.34. The van der Waals surface area contributed by atoms with Crippen LogP contribution < -0.4 is 11.1 Å². The van der Waals surface area contributed by atoms with Crippen molar-refractivity contribution in [2.75, 3.05) is 39.3 Å². The Hall–Kier alpha value is -0.860. The van der Waals surface area contributed by atoms with Gasteiger partial charge in [0.2, 0.25) is 0 Å². The van der Waals surface area contributed by atoms with Gasteiger partial charge >= 0.3 is 0 Å². The van der Waals surface area contributed by atoms with Crippen molar-refractivity contribution in [1.29, 1.82) is 0 Å². The van der Waals surface area contributed by atoms with Gasteiger partial charge in [0.25, 0.3) is 0 Å². The van der Waals surface area contributed by atoms with Crippen LogP contribution in [0.3, 0.4) is 0 Å². The molecule has 0 bridgehead atoms. The molecule has 1 aromatic rings. The molecule has 1 aliphatic rings. The molecule has 0 atom stereocenters. The number of hydrogen-bond donors (Lipinski definition) is 2. The summed E-state index contributed by atoms with van der Waals surface area (Å²) in [6.45, 7) is 13.5. The third kappa shape index (κ3) is 8.30. The van der Waals surface area contributed by atoms with E-state index in [2.05, 4.69) is 71.2 Å². The van der Waals surface area contributed by atoms with E-state index in [9.17, 15) is 0 Å². The van der Waals surface area contributed by atoms with Gasteiger partial charge in [0.05, 0.1) is 6.54 Å². The van der Waals surface area contributed by atoms with Gasteiger partial charge in [0, 0.05) is 44.8 Å². The van der Waals surface area contributed by atoms with Crippen molar-refractivity contribution in [3.8, 4) is 0 Å². The minimum Gasteiger partial charge on any atom is -0.370 e. The smallest absolute Gasteiger partial charge is 0.189 e. The summed E-state index contributed by atoms with van der Waals surface area (Å²) in [6.07, 6.45) is 0. The molecule has 5 nitrogen and oxygen atoms in total. The summed E-state index contributed by atoms with van der Waals surface area (Å²) in [5.41, 5.74) is 7.26. The van der Waals surface area contributed by atoms with Gasteiger partial charge in [0.1, 0.15) is 0 Å². The first-order valence-electron chi connectivity index (χ1n) is 8.49. The van der Waals surface area contributed by atoms with Crippen LogP contribution >= 0.6 is 24.0 Å². The zero-order valence-electron chi connectivity index (χ0n) is 15.2. The Labute approximate surface area is 163 Å². The summed E-state index contributed by atoms with van der Waals surface area (Å²) in [5, 5.41) is 3.19. The maximum Gasteiger partial charge on any atom is 0.189 e. The van der Waals surface area contributed by atoms with Crippen molar-refractivity contribution in [2.24, 2.45) is 10.7 Å². The number of benzene rings is 1. The molecule has 0 aliphatic carbocycles. The number of piperazine rings is 1. The van der Waals surface area contributed by atoms with Gasteiger partial charge in [-0.15, -0.1) is 24.0 Å². The molecule has 0 radical (unpaired) electrons. The van der Waals surface area contributed by atoms with E-state index < -0.39 is 0 Å². The third-order valence-corrected chi connectivity index (χ3v) is 3.92. The summed E-state index contributed by atoms with van der Waals surface area (Å²) in [5.74, 6) is 0.542. The monoisotopic (exact) mass is 445 g/mol. The lowest BCUT2D eigenvalue weighted by Crippen LogP contribution is -2.47. The van der Waals surface area contributed by atoms with Gasteiger partial charge in [-0.25, -0.2) is 0 Å². The van der Waals surface area contributed by atoms with Crippen molar-refractivity contribution < 1.29 is 0 Å². The van der Waals surface area contributed by atoms with E-state index in [1.165, 1.54) is 5.56 Å². The lowest BCUT2D eigenvalue weighted by atomic mass is 10.1. The second kappa shape index (κ2) is 10.2. The Kier molecular flexibility index (Phi) is 9.01. The van der Waals surface area contributed by atoms with E-state index in [0.29, 0.717) is 5.96 Å². The minimum absolute atomic E-state index is 0. The molecule has 0 aromatic heterocycles. The zero-order chi connectivity index (χ0) is 16.7. The topological polar surface area (TPSA) is 56.9 Å². The molecule has 1 aromatic carbocycles. The Balaban J connectivity index is 0.00000288. The van der Waals surface area contributed by atoms with E-state index in [4.69, 9.17) is 5.73 Å². The molecule has 24 heavy (non-hydrogen) atoms. The van der Waals surface area contributed by atoms with E-state index in [1.807, 2.05) is 0 Å². The first-order chi connectivity index (χ1) is 10.9. The van der Waals surface area contributed by atoms with Crippen LogP contribution in [0.15, 0.2) is 35.3 Å². The second-order valence-electron chi connectivity index (χ2n) is 7.25. The Bertz CT molecular complexity index is 490. The molecular weight excluding hydrogens is 413 g/mol. The molecule has 1 aliphatic heterocycles. The average molecular weight is 445 g/mol. The highest BCUT2D eigenvalue weighted by Gasteiger charge is 2.16. The molecule has 1 heterocycles. The van der Waals surface area contributed by atoms with E-state index >= 15 is 0 Å². The Morgan fingerprint density at radius 1 is 1.08 bits per heavy atom. The molecule has 0 amide bonds. The predicted octanol–water partition coefficient (Wildman–Crippen LogP) is 2.13. The standard InChI is InChI=1S/C18H31N5.HI/c1-18(2,3)21-17(19)20-9-10-22-11-13-23(14-12-22)15-16-7-5-4-6-8-16;/h4-8H,9-15H2,1-3H3,(H3,19,20,21);1H. The van der Waals surface area contributed by atoms with E-state index in [1.54, 1.807) is 0 Å². The van der Waals surface area contributed by atoms with Crippen molar-refractivity contribution in [3.05, 3.63) is 35.9 Å². The van der Waals surface area contributed by atoms with Crippen LogP contribution in [0.2, 0.25) is 0 Å². The highest BCUT2D eigenvalue weighted by atomic mass is 127. The van der Waals surface area contributed by atoms with Crippen LogP contribution in [0.5, 0.6) is 0 Å². The summed E-state index contributed by atoms with van der Waals surface area (Å²) in [7, 11) is 0. The summed E-state index contributed by atoms with van der Waals surface area (Å²) in [4.78, 5) is 9.40. The van der Waals surface area contributed by atoms with E-state index in [0.717, 1.165) is 45.8 Å². The normalized spacial score (nSPS) is 17.4. The van der Waals surface area contributed by atoms with Gasteiger partial charge in [-0.3, -0.25) is 14.8 Å². The van der Waals surface area contributed by atoms with Crippen molar-refractivity contribution in [1.82, 2.24) is 15.1 Å². The number of nitrogens with zero attached hydrogens (tertiary/aromatic N) is 3.